The van der Waals surface area contributed by atoms with Crippen LogP contribution in [-0.4, -0.2) is 12.1 Å². The Hall–Kier alpha value is -2.98. The first kappa shape index (κ1) is 15.9. The molecule has 1 saturated carbocycles. The smallest absolute Gasteiger partial charge is 0.0991 e. The van der Waals surface area contributed by atoms with E-state index in [0.717, 1.165) is 24.2 Å². The van der Waals surface area contributed by atoms with Crippen molar-refractivity contribution in [1.82, 2.24) is 0 Å². The van der Waals surface area contributed by atoms with Gasteiger partial charge in [0.25, 0.3) is 0 Å². The molecule has 0 saturated heterocycles. The third-order valence-corrected chi connectivity index (χ3v) is 4.50. The summed E-state index contributed by atoms with van der Waals surface area (Å²) in [5, 5.41) is 25.0. The largest absolute Gasteiger partial charge is 0.380 e. The van der Waals surface area contributed by atoms with Crippen LogP contribution in [0, 0.1) is 22.7 Å². The Morgan fingerprint density at radius 2 is 1.04 bits per heavy atom. The maximum atomic E-state index is 8.89. The number of hydrogen-bond donors (Lipinski definition) is 2. The van der Waals surface area contributed by atoms with Crippen LogP contribution in [0.2, 0.25) is 0 Å². The van der Waals surface area contributed by atoms with E-state index in [1.165, 1.54) is 12.8 Å². The summed E-state index contributed by atoms with van der Waals surface area (Å²) in [6.45, 7) is 0. The van der Waals surface area contributed by atoms with Crippen LogP contribution in [-0.2, 0) is 0 Å². The zero-order valence-corrected chi connectivity index (χ0v) is 13.5. The van der Waals surface area contributed by atoms with Crippen molar-refractivity contribution in [3.05, 3.63) is 59.7 Å². The van der Waals surface area contributed by atoms with Gasteiger partial charge in [-0.3, -0.25) is 0 Å². The van der Waals surface area contributed by atoms with E-state index in [4.69, 9.17) is 10.5 Å². The molecule has 0 radical (unpaired) electrons. The van der Waals surface area contributed by atoms with Crippen molar-refractivity contribution in [1.29, 1.82) is 10.5 Å². The number of rotatable bonds is 4. The van der Waals surface area contributed by atoms with Crippen molar-refractivity contribution >= 4 is 11.4 Å². The summed E-state index contributed by atoms with van der Waals surface area (Å²) in [7, 11) is 0. The summed E-state index contributed by atoms with van der Waals surface area (Å²) in [4.78, 5) is 0. The maximum Gasteiger partial charge on any atom is 0.0991 e. The number of nitriles is 2. The lowest BCUT2D eigenvalue weighted by Gasteiger charge is -2.34. The summed E-state index contributed by atoms with van der Waals surface area (Å²) in [5.74, 6) is 0. The van der Waals surface area contributed by atoms with Crippen molar-refractivity contribution in [2.24, 2.45) is 0 Å². The quantitative estimate of drug-likeness (QED) is 0.884. The summed E-state index contributed by atoms with van der Waals surface area (Å²) in [5.41, 5.74) is 3.45. The molecule has 2 aromatic carbocycles. The normalized spacial score (nSPS) is 19.8. The molecule has 3 rings (SSSR count). The van der Waals surface area contributed by atoms with Gasteiger partial charge < -0.3 is 10.6 Å². The molecule has 0 heterocycles. The van der Waals surface area contributed by atoms with Crippen LogP contribution < -0.4 is 10.6 Å². The highest BCUT2D eigenvalue weighted by Gasteiger charge is 2.24. The highest BCUT2D eigenvalue weighted by atomic mass is 15.0. The van der Waals surface area contributed by atoms with Gasteiger partial charge in [-0.15, -0.1) is 0 Å². The molecule has 0 aromatic heterocycles. The first-order chi connectivity index (χ1) is 11.8. The van der Waals surface area contributed by atoms with Crippen molar-refractivity contribution in [2.45, 2.75) is 37.8 Å². The Morgan fingerprint density at radius 3 is 1.38 bits per heavy atom. The average molecular weight is 316 g/mol. The molecular weight excluding hydrogens is 296 g/mol. The van der Waals surface area contributed by atoms with Gasteiger partial charge in [0.2, 0.25) is 0 Å². The first-order valence-electron chi connectivity index (χ1n) is 8.32. The Kier molecular flexibility index (Phi) is 4.99. The minimum atomic E-state index is 0.349. The fourth-order valence-corrected chi connectivity index (χ4v) is 3.19. The molecule has 120 valence electrons. The number of nitrogens with zero attached hydrogens (tertiary/aromatic N) is 2. The standard InChI is InChI=1S/C20H20N4/c21-13-15-5-9-17(10-6-15)23-19-3-1-2-4-20(19)24-18-11-7-16(14-22)8-12-18/h5-12,19-20,23-24H,1-4H2/t19-,20-/m1/s1. The summed E-state index contributed by atoms with van der Waals surface area (Å²) < 4.78 is 0. The van der Waals surface area contributed by atoms with E-state index < -0.39 is 0 Å². The molecule has 4 heteroatoms. The molecule has 0 bridgehead atoms. The van der Waals surface area contributed by atoms with Crippen LogP contribution in [0.3, 0.4) is 0 Å². The fraction of sp³-hybridized carbons (Fsp3) is 0.300. The van der Waals surface area contributed by atoms with E-state index >= 15 is 0 Å². The molecule has 1 aliphatic carbocycles. The van der Waals surface area contributed by atoms with Crippen LogP contribution in [0.25, 0.3) is 0 Å². The molecule has 2 N–H and O–H groups in total. The molecule has 0 amide bonds. The lowest BCUT2D eigenvalue weighted by molar-refractivity contribution is 0.424. The molecule has 1 aliphatic rings. The minimum absolute atomic E-state index is 0.349. The third-order valence-electron chi connectivity index (χ3n) is 4.50. The van der Waals surface area contributed by atoms with E-state index in [1.54, 1.807) is 0 Å². The second-order valence-corrected chi connectivity index (χ2v) is 6.16. The van der Waals surface area contributed by atoms with E-state index in [2.05, 4.69) is 22.8 Å². The molecule has 2 atom stereocenters. The number of hydrogen-bond acceptors (Lipinski definition) is 4. The van der Waals surface area contributed by atoms with Gasteiger partial charge in [0.05, 0.1) is 23.3 Å². The van der Waals surface area contributed by atoms with Crippen LogP contribution in [0.5, 0.6) is 0 Å². The minimum Gasteiger partial charge on any atom is -0.380 e. The van der Waals surface area contributed by atoms with Gasteiger partial charge in [0.15, 0.2) is 0 Å². The molecule has 2 aromatic rings. The third kappa shape index (κ3) is 3.86. The molecule has 0 aliphatic heterocycles. The molecular formula is C20H20N4. The van der Waals surface area contributed by atoms with Crippen LogP contribution >= 0.6 is 0 Å². The van der Waals surface area contributed by atoms with E-state index in [9.17, 15) is 0 Å². The number of benzene rings is 2. The molecule has 4 nitrogen and oxygen atoms in total. The monoisotopic (exact) mass is 316 g/mol. The van der Waals surface area contributed by atoms with Gasteiger partial charge in [-0.05, 0) is 61.4 Å². The van der Waals surface area contributed by atoms with Crippen LogP contribution in [0.1, 0.15) is 36.8 Å². The molecule has 0 unspecified atom stereocenters. The van der Waals surface area contributed by atoms with Crippen molar-refractivity contribution in [3.63, 3.8) is 0 Å². The van der Waals surface area contributed by atoms with Gasteiger partial charge in [0, 0.05) is 23.5 Å². The predicted molar refractivity (Wildman–Crippen MR) is 95.6 cm³/mol. The van der Waals surface area contributed by atoms with Crippen molar-refractivity contribution in [2.75, 3.05) is 10.6 Å². The van der Waals surface area contributed by atoms with Gasteiger partial charge >= 0.3 is 0 Å². The zero-order chi connectivity index (χ0) is 16.8. The van der Waals surface area contributed by atoms with E-state index in [0.29, 0.717) is 23.2 Å². The van der Waals surface area contributed by atoms with Gasteiger partial charge in [0.1, 0.15) is 0 Å². The van der Waals surface area contributed by atoms with E-state index in [1.807, 2.05) is 48.5 Å². The number of anilines is 2. The Balaban J connectivity index is 1.68. The zero-order valence-electron chi connectivity index (χ0n) is 13.5. The summed E-state index contributed by atoms with van der Waals surface area (Å²) in [6, 6.07) is 20.2. The van der Waals surface area contributed by atoms with Gasteiger partial charge in [-0.1, -0.05) is 12.8 Å². The first-order valence-corrected chi connectivity index (χ1v) is 8.32. The SMILES string of the molecule is N#Cc1ccc(N[C@@H]2CCCC[C@H]2Nc2ccc(C#N)cc2)cc1. The predicted octanol–water partition coefficient (Wildman–Crippen LogP) is 4.27. The van der Waals surface area contributed by atoms with Gasteiger partial charge in [-0.2, -0.15) is 10.5 Å². The maximum absolute atomic E-state index is 8.89. The molecule has 1 fully saturated rings. The Bertz CT molecular complexity index is 683. The fourth-order valence-electron chi connectivity index (χ4n) is 3.19. The second-order valence-electron chi connectivity index (χ2n) is 6.16. The van der Waals surface area contributed by atoms with Crippen LogP contribution in [0.15, 0.2) is 48.5 Å². The topological polar surface area (TPSA) is 71.6 Å². The lowest BCUT2D eigenvalue weighted by Crippen LogP contribution is -2.41. The highest BCUT2D eigenvalue weighted by molar-refractivity contribution is 5.51. The van der Waals surface area contributed by atoms with Gasteiger partial charge in [-0.25, -0.2) is 0 Å². The van der Waals surface area contributed by atoms with E-state index in [-0.39, 0.29) is 0 Å². The number of nitrogens with one attached hydrogen (secondary N) is 2. The summed E-state index contributed by atoms with van der Waals surface area (Å²) >= 11 is 0. The highest BCUT2D eigenvalue weighted by Crippen LogP contribution is 2.25. The lowest BCUT2D eigenvalue weighted by atomic mass is 9.89. The molecule has 0 spiro atoms. The average Bonchev–Trinajstić information content (AvgIpc) is 2.64. The second kappa shape index (κ2) is 7.53. The van der Waals surface area contributed by atoms with Crippen molar-refractivity contribution < 1.29 is 0 Å². The van der Waals surface area contributed by atoms with Crippen LogP contribution in [0.4, 0.5) is 11.4 Å². The Morgan fingerprint density at radius 1 is 0.667 bits per heavy atom. The Labute approximate surface area is 142 Å². The molecule has 24 heavy (non-hydrogen) atoms. The van der Waals surface area contributed by atoms with Crippen molar-refractivity contribution in [3.8, 4) is 12.1 Å². The summed E-state index contributed by atoms with van der Waals surface area (Å²) in [6.07, 6.45) is 4.68.